The second kappa shape index (κ2) is 6.01. The molecule has 0 aliphatic carbocycles. The fourth-order valence-electron chi connectivity index (χ4n) is 1.78. The molecule has 1 rings (SSSR count). The van der Waals surface area contributed by atoms with Crippen molar-refractivity contribution in [3.8, 4) is 0 Å². The van der Waals surface area contributed by atoms with Crippen LogP contribution in [0, 0.1) is 0 Å². The molecule has 0 aliphatic rings. The number of rotatable bonds is 5. The molecular weight excluding hydrogens is 270 g/mol. The predicted octanol–water partition coefficient (Wildman–Crippen LogP) is 2.92. The summed E-state index contributed by atoms with van der Waals surface area (Å²) in [5.41, 5.74) is 0.811. The van der Waals surface area contributed by atoms with Gasteiger partial charge in [0.1, 0.15) is 6.04 Å². The van der Waals surface area contributed by atoms with Gasteiger partial charge in [0.2, 0.25) is 0 Å². The number of aliphatic carboxylic acids is 1. The zero-order valence-corrected chi connectivity index (χ0v) is 11.1. The van der Waals surface area contributed by atoms with E-state index in [9.17, 15) is 9.90 Å². The van der Waals surface area contributed by atoms with E-state index in [4.69, 9.17) is 0 Å². The summed E-state index contributed by atoms with van der Waals surface area (Å²) in [7, 11) is 0. The first kappa shape index (κ1) is 13.2. The molecule has 0 saturated carbocycles. The first-order valence-electron chi connectivity index (χ1n) is 5.32. The third-order valence-electron chi connectivity index (χ3n) is 2.58. The topological polar surface area (TPSA) is 40.5 Å². The van der Waals surface area contributed by atoms with E-state index in [0.29, 0.717) is 0 Å². The van der Waals surface area contributed by atoms with E-state index < -0.39 is 12.0 Å². The van der Waals surface area contributed by atoms with Crippen LogP contribution in [-0.4, -0.2) is 29.1 Å². The van der Waals surface area contributed by atoms with Gasteiger partial charge in [-0.3, -0.25) is 9.69 Å². The Bertz CT molecular complexity index is 364. The van der Waals surface area contributed by atoms with Crippen molar-refractivity contribution in [3.63, 3.8) is 0 Å². The van der Waals surface area contributed by atoms with Crippen LogP contribution in [0.4, 0.5) is 0 Å². The van der Waals surface area contributed by atoms with Crippen molar-refractivity contribution in [2.45, 2.75) is 19.9 Å². The molecule has 0 saturated heterocycles. The molecule has 1 unspecified atom stereocenters. The highest BCUT2D eigenvalue weighted by Crippen LogP contribution is 2.23. The van der Waals surface area contributed by atoms with Gasteiger partial charge in [-0.25, -0.2) is 0 Å². The molecular formula is C12H16BrNO2. The third-order valence-corrected chi connectivity index (χ3v) is 3.07. The van der Waals surface area contributed by atoms with Crippen LogP contribution >= 0.6 is 15.9 Å². The number of likely N-dealkylation sites (N-methyl/N-ethyl adjacent to an activating group) is 1. The normalized spacial score (nSPS) is 12.8. The van der Waals surface area contributed by atoms with Crippen LogP contribution < -0.4 is 0 Å². The standard InChI is InChI=1S/C12H16BrNO2/c1-3-14(4-2)11(12(15)16)9-6-5-7-10(13)8-9/h5-8,11H,3-4H2,1-2H3,(H,15,16). The molecule has 1 atom stereocenters. The number of benzene rings is 1. The van der Waals surface area contributed by atoms with Crippen molar-refractivity contribution in [3.05, 3.63) is 34.3 Å². The van der Waals surface area contributed by atoms with Crippen LogP contribution in [-0.2, 0) is 4.79 Å². The second-order valence-electron chi connectivity index (χ2n) is 3.52. The van der Waals surface area contributed by atoms with Crippen LogP contribution in [0.5, 0.6) is 0 Å². The Morgan fingerprint density at radius 1 is 1.44 bits per heavy atom. The largest absolute Gasteiger partial charge is 0.480 e. The van der Waals surface area contributed by atoms with Gasteiger partial charge >= 0.3 is 5.97 Å². The Labute approximate surface area is 104 Å². The lowest BCUT2D eigenvalue weighted by molar-refractivity contribution is -0.143. The van der Waals surface area contributed by atoms with Crippen molar-refractivity contribution < 1.29 is 9.90 Å². The van der Waals surface area contributed by atoms with Gasteiger partial charge in [-0.05, 0) is 30.8 Å². The maximum atomic E-state index is 11.3. The lowest BCUT2D eigenvalue weighted by Gasteiger charge is -2.26. The molecule has 0 bridgehead atoms. The average Bonchev–Trinajstić information content (AvgIpc) is 2.24. The molecule has 1 N–H and O–H groups in total. The monoisotopic (exact) mass is 285 g/mol. The summed E-state index contributed by atoms with van der Waals surface area (Å²) in [6, 6.07) is 6.90. The van der Waals surface area contributed by atoms with Crippen molar-refractivity contribution in [2.24, 2.45) is 0 Å². The molecule has 88 valence electrons. The highest BCUT2D eigenvalue weighted by Gasteiger charge is 2.25. The zero-order valence-electron chi connectivity index (χ0n) is 9.48. The molecule has 0 amide bonds. The fourth-order valence-corrected chi connectivity index (χ4v) is 2.19. The van der Waals surface area contributed by atoms with Gasteiger partial charge < -0.3 is 5.11 Å². The second-order valence-corrected chi connectivity index (χ2v) is 4.43. The minimum absolute atomic E-state index is 0.563. The molecule has 1 aromatic rings. The number of hydrogen-bond acceptors (Lipinski definition) is 2. The summed E-state index contributed by atoms with van der Waals surface area (Å²) in [5, 5.41) is 9.29. The number of hydrogen-bond donors (Lipinski definition) is 1. The van der Waals surface area contributed by atoms with E-state index in [1.54, 1.807) is 0 Å². The van der Waals surface area contributed by atoms with Gasteiger partial charge in [0.15, 0.2) is 0 Å². The van der Waals surface area contributed by atoms with Crippen LogP contribution in [0.1, 0.15) is 25.5 Å². The highest BCUT2D eigenvalue weighted by molar-refractivity contribution is 9.10. The molecule has 0 fully saturated rings. The SMILES string of the molecule is CCN(CC)C(C(=O)O)c1cccc(Br)c1. The Morgan fingerprint density at radius 2 is 2.06 bits per heavy atom. The van der Waals surface area contributed by atoms with Crippen LogP contribution in [0.3, 0.4) is 0 Å². The summed E-state index contributed by atoms with van der Waals surface area (Å²) >= 11 is 3.36. The predicted molar refractivity (Wildman–Crippen MR) is 67.4 cm³/mol. The van der Waals surface area contributed by atoms with Crippen LogP contribution in [0.15, 0.2) is 28.7 Å². The molecule has 0 aliphatic heterocycles. The third kappa shape index (κ3) is 3.06. The molecule has 16 heavy (non-hydrogen) atoms. The number of carboxylic acids is 1. The van der Waals surface area contributed by atoms with E-state index in [0.717, 1.165) is 23.1 Å². The summed E-state index contributed by atoms with van der Waals surface area (Å²) in [6.45, 7) is 5.38. The first-order chi connectivity index (χ1) is 7.60. The molecule has 1 aromatic carbocycles. The van der Waals surface area contributed by atoms with E-state index >= 15 is 0 Å². The molecule has 0 radical (unpaired) electrons. The maximum absolute atomic E-state index is 11.3. The lowest BCUT2D eigenvalue weighted by Crippen LogP contribution is -2.33. The zero-order chi connectivity index (χ0) is 12.1. The van der Waals surface area contributed by atoms with Crippen molar-refractivity contribution in [1.29, 1.82) is 0 Å². The average molecular weight is 286 g/mol. The molecule has 0 aromatic heterocycles. The summed E-state index contributed by atoms with van der Waals surface area (Å²) in [5.74, 6) is -0.804. The van der Waals surface area contributed by atoms with Crippen LogP contribution in [0.25, 0.3) is 0 Å². The van der Waals surface area contributed by atoms with Gasteiger partial charge in [-0.15, -0.1) is 0 Å². The fraction of sp³-hybridized carbons (Fsp3) is 0.417. The summed E-state index contributed by atoms with van der Waals surface area (Å²) < 4.78 is 0.906. The highest BCUT2D eigenvalue weighted by atomic mass is 79.9. The minimum Gasteiger partial charge on any atom is -0.480 e. The van der Waals surface area contributed by atoms with E-state index in [-0.39, 0.29) is 0 Å². The van der Waals surface area contributed by atoms with Gasteiger partial charge in [0.25, 0.3) is 0 Å². The van der Waals surface area contributed by atoms with Gasteiger partial charge in [0.05, 0.1) is 0 Å². The molecule has 0 heterocycles. The van der Waals surface area contributed by atoms with Crippen molar-refractivity contribution in [2.75, 3.05) is 13.1 Å². The number of carbonyl (C=O) groups is 1. The summed E-state index contributed by atoms with van der Waals surface area (Å²) in [4.78, 5) is 13.2. The quantitative estimate of drug-likeness (QED) is 0.904. The number of carboxylic acid groups (broad SMARTS) is 1. The Kier molecular flexibility index (Phi) is 4.96. The maximum Gasteiger partial charge on any atom is 0.325 e. The minimum atomic E-state index is -0.804. The Morgan fingerprint density at radius 3 is 2.50 bits per heavy atom. The van der Waals surface area contributed by atoms with Gasteiger partial charge in [-0.2, -0.15) is 0 Å². The smallest absolute Gasteiger partial charge is 0.325 e. The van der Waals surface area contributed by atoms with Crippen LogP contribution in [0.2, 0.25) is 0 Å². The van der Waals surface area contributed by atoms with Gasteiger partial charge in [-0.1, -0.05) is 41.9 Å². The lowest BCUT2D eigenvalue weighted by atomic mass is 10.1. The van der Waals surface area contributed by atoms with Gasteiger partial charge in [0, 0.05) is 4.47 Å². The Hall–Kier alpha value is -0.870. The molecule has 4 heteroatoms. The van der Waals surface area contributed by atoms with Crippen molar-refractivity contribution >= 4 is 21.9 Å². The van der Waals surface area contributed by atoms with Crippen molar-refractivity contribution in [1.82, 2.24) is 4.90 Å². The summed E-state index contributed by atoms with van der Waals surface area (Å²) in [6.07, 6.45) is 0. The number of nitrogens with zero attached hydrogens (tertiary/aromatic N) is 1. The van der Waals surface area contributed by atoms with E-state index in [1.165, 1.54) is 0 Å². The Balaban J connectivity index is 3.06. The first-order valence-corrected chi connectivity index (χ1v) is 6.11. The van der Waals surface area contributed by atoms with E-state index in [1.807, 2.05) is 43.0 Å². The number of halogens is 1. The van der Waals surface area contributed by atoms with E-state index in [2.05, 4.69) is 15.9 Å². The molecule has 0 spiro atoms. The molecule has 3 nitrogen and oxygen atoms in total.